The van der Waals surface area contributed by atoms with Crippen LogP contribution in [0.25, 0.3) is 0 Å². The van der Waals surface area contributed by atoms with E-state index >= 15 is 0 Å². The van der Waals surface area contributed by atoms with Crippen molar-refractivity contribution in [2.75, 3.05) is 13.2 Å². The van der Waals surface area contributed by atoms with E-state index in [1.54, 1.807) is 0 Å². The molecule has 240 valence electrons. The molecule has 2 aromatic carbocycles. The van der Waals surface area contributed by atoms with Gasteiger partial charge in [0.2, 0.25) is 5.28 Å². The molecule has 0 spiro atoms. The summed E-state index contributed by atoms with van der Waals surface area (Å²) in [6.45, 7) is 1.62. The van der Waals surface area contributed by atoms with E-state index in [0.717, 1.165) is 63.2 Å². The highest BCUT2D eigenvalue weighted by atomic mass is 35.5. The number of para-hydroxylation sites is 2. The normalized spacial score (nSPS) is 10.4. The van der Waals surface area contributed by atoms with Gasteiger partial charge in [0, 0.05) is 18.9 Å². The number of hydrogen-bond donors (Lipinski definition) is 0. The Hall–Kier alpha value is -3.47. The number of aromatic nitrogens is 2. The van der Waals surface area contributed by atoms with Crippen LogP contribution in [0.3, 0.4) is 0 Å². The van der Waals surface area contributed by atoms with Crippen LogP contribution in [0.1, 0.15) is 127 Å². The zero-order valence-corrected chi connectivity index (χ0v) is 27.8. The molecular weight excluding hydrogens is 576 g/mol. The van der Waals surface area contributed by atoms with Gasteiger partial charge in [-0.1, -0.05) is 125 Å². The van der Waals surface area contributed by atoms with Crippen molar-refractivity contribution >= 4 is 11.6 Å². The Kier molecular flexibility index (Phi) is 19.8. The predicted octanol–water partition coefficient (Wildman–Crippen LogP) is 11.0. The van der Waals surface area contributed by atoms with E-state index < -0.39 is 0 Å². The topological polar surface area (TPSA) is 44.2 Å². The summed E-state index contributed by atoms with van der Waals surface area (Å²) in [5.74, 6) is 14.7. The SMILES string of the molecule is Clc1nc(C#CCCCCCCCCCCOc2ccccc2)cc(C#CCCCCCCCCCCOc2ccccc2)n1. The van der Waals surface area contributed by atoms with E-state index in [0.29, 0.717) is 11.4 Å². The maximum Gasteiger partial charge on any atom is 0.224 e. The molecule has 3 aromatic rings. The molecule has 3 rings (SSSR count). The van der Waals surface area contributed by atoms with E-state index in [2.05, 4.69) is 33.6 Å². The number of hydrogen-bond acceptors (Lipinski definition) is 4. The molecule has 4 nitrogen and oxygen atoms in total. The highest BCUT2D eigenvalue weighted by molar-refractivity contribution is 6.28. The second-order valence-corrected chi connectivity index (χ2v) is 11.8. The Morgan fingerprint density at radius 1 is 0.467 bits per heavy atom. The molecule has 0 fully saturated rings. The average Bonchev–Trinajstić information content (AvgIpc) is 3.06. The molecule has 1 aromatic heterocycles. The molecule has 45 heavy (non-hydrogen) atoms. The fourth-order valence-corrected chi connectivity index (χ4v) is 5.20. The van der Waals surface area contributed by atoms with E-state index in [1.165, 1.54) is 77.0 Å². The molecule has 0 unspecified atom stereocenters. The van der Waals surface area contributed by atoms with Crippen LogP contribution in [-0.2, 0) is 0 Å². The third-order valence-electron chi connectivity index (χ3n) is 7.55. The van der Waals surface area contributed by atoms with Crippen LogP contribution in [-0.4, -0.2) is 23.2 Å². The van der Waals surface area contributed by atoms with Gasteiger partial charge in [-0.2, -0.15) is 0 Å². The first-order chi connectivity index (χ1) is 22.3. The Morgan fingerprint density at radius 2 is 0.822 bits per heavy atom. The monoisotopic (exact) mass is 626 g/mol. The van der Waals surface area contributed by atoms with Gasteiger partial charge in [0.1, 0.15) is 22.9 Å². The van der Waals surface area contributed by atoms with Gasteiger partial charge in [0.15, 0.2) is 0 Å². The molecule has 0 N–H and O–H groups in total. The van der Waals surface area contributed by atoms with Crippen LogP contribution >= 0.6 is 11.6 Å². The summed E-state index contributed by atoms with van der Waals surface area (Å²) in [6, 6.07) is 22.0. The first kappa shape index (κ1) is 36.0. The molecule has 5 heteroatoms. The van der Waals surface area contributed by atoms with Crippen molar-refractivity contribution in [1.82, 2.24) is 9.97 Å². The molecule has 0 aliphatic carbocycles. The Morgan fingerprint density at radius 3 is 1.22 bits per heavy atom. The number of rotatable bonds is 22. The minimum atomic E-state index is 0.212. The molecule has 0 saturated heterocycles. The van der Waals surface area contributed by atoms with Gasteiger partial charge < -0.3 is 9.47 Å². The van der Waals surface area contributed by atoms with E-state index in [1.807, 2.05) is 66.7 Å². The van der Waals surface area contributed by atoms with Crippen molar-refractivity contribution in [3.05, 3.63) is 83.4 Å². The Bertz CT molecular complexity index is 1190. The molecule has 0 aliphatic heterocycles. The third-order valence-corrected chi connectivity index (χ3v) is 7.72. The maximum atomic E-state index is 6.14. The van der Waals surface area contributed by atoms with E-state index in [9.17, 15) is 0 Å². The van der Waals surface area contributed by atoms with Crippen molar-refractivity contribution < 1.29 is 9.47 Å². The fourth-order valence-electron chi connectivity index (χ4n) is 5.02. The van der Waals surface area contributed by atoms with Crippen molar-refractivity contribution in [3.63, 3.8) is 0 Å². The maximum absolute atomic E-state index is 6.14. The summed E-state index contributed by atoms with van der Waals surface area (Å²) in [6.07, 6.45) is 21.4. The zero-order chi connectivity index (χ0) is 31.5. The van der Waals surface area contributed by atoms with Crippen LogP contribution in [0.15, 0.2) is 66.7 Å². The molecule has 0 atom stereocenters. The van der Waals surface area contributed by atoms with Gasteiger partial charge in [-0.25, -0.2) is 9.97 Å². The molecular formula is C40H51ClN2O2. The van der Waals surface area contributed by atoms with Crippen molar-refractivity contribution in [1.29, 1.82) is 0 Å². The zero-order valence-electron chi connectivity index (χ0n) is 27.1. The lowest BCUT2D eigenvalue weighted by molar-refractivity contribution is 0.304. The molecule has 0 aliphatic rings. The van der Waals surface area contributed by atoms with Crippen LogP contribution in [0.5, 0.6) is 11.5 Å². The number of nitrogens with zero attached hydrogens (tertiary/aromatic N) is 2. The van der Waals surface area contributed by atoms with Crippen molar-refractivity contribution in [2.45, 2.75) is 116 Å². The predicted molar refractivity (Wildman–Crippen MR) is 188 cm³/mol. The number of unbranched alkanes of at least 4 members (excludes halogenated alkanes) is 16. The lowest BCUT2D eigenvalue weighted by Crippen LogP contribution is -1.96. The highest BCUT2D eigenvalue weighted by Gasteiger charge is 2.00. The van der Waals surface area contributed by atoms with Gasteiger partial charge in [0.05, 0.1) is 13.2 Å². The first-order valence-corrected chi connectivity index (χ1v) is 17.6. The lowest BCUT2D eigenvalue weighted by atomic mass is 10.1. The number of halogens is 1. The van der Waals surface area contributed by atoms with Crippen molar-refractivity contribution in [3.8, 4) is 35.2 Å². The van der Waals surface area contributed by atoms with Gasteiger partial charge in [-0.3, -0.25) is 0 Å². The summed E-state index contributed by atoms with van der Waals surface area (Å²) in [4.78, 5) is 8.52. The molecule has 0 radical (unpaired) electrons. The minimum absolute atomic E-state index is 0.212. The molecule has 1 heterocycles. The Balaban J connectivity index is 1.13. The molecule has 0 saturated carbocycles. The van der Waals surface area contributed by atoms with Crippen molar-refractivity contribution in [2.24, 2.45) is 0 Å². The standard InChI is InChI=1S/C40H51ClN2O2/c41-40-42-36(27-19-13-9-5-1-3-7-11-15-25-33-44-38-29-21-17-22-30-38)35-37(43-40)28-20-14-10-6-2-4-8-12-16-26-34-45-39-31-23-18-24-32-39/h17-18,21-24,29-32,35H,1-16,25-26,33-34H2. The van der Waals surface area contributed by atoms with Gasteiger partial charge in [0.25, 0.3) is 0 Å². The number of ether oxygens (including phenoxy) is 2. The van der Waals surface area contributed by atoms with Gasteiger partial charge in [-0.05, 0) is 73.4 Å². The van der Waals surface area contributed by atoms with Gasteiger partial charge in [-0.15, -0.1) is 0 Å². The van der Waals surface area contributed by atoms with Gasteiger partial charge >= 0.3 is 0 Å². The second kappa shape index (κ2) is 24.8. The summed E-state index contributed by atoms with van der Waals surface area (Å²) >= 11 is 6.14. The number of benzene rings is 2. The smallest absolute Gasteiger partial charge is 0.224 e. The molecule has 0 amide bonds. The summed E-state index contributed by atoms with van der Waals surface area (Å²) in [7, 11) is 0. The fraction of sp³-hybridized carbons (Fsp3) is 0.500. The third kappa shape index (κ3) is 18.8. The highest BCUT2D eigenvalue weighted by Crippen LogP contribution is 2.14. The summed E-state index contributed by atoms with van der Waals surface area (Å²) in [5, 5.41) is 0.212. The van der Waals surface area contributed by atoms with Crippen LogP contribution in [0.4, 0.5) is 0 Å². The summed E-state index contributed by atoms with van der Waals surface area (Å²) < 4.78 is 11.5. The lowest BCUT2D eigenvalue weighted by Gasteiger charge is -2.05. The summed E-state index contributed by atoms with van der Waals surface area (Å²) in [5.41, 5.74) is 1.31. The second-order valence-electron chi connectivity index (χ2n) is 11.5. The van der Waals surface area contributed by atoms with Crippen LogP contribution < -0.4 is 9.47 Å². The van der Waals surface area contributed by atoms with E-state index in [4.69, 9.17) is 21.1 Å². The van der Waals surface area contributed by atoms with Crippen LogP contribution in [0.2, 0.25) is 5.28 Å². The van der Waals surface area contributed by atoms with Crippen LogP contribution in [0, 0.1) is 23.7 Å². The largest absolute Gasteiger partial charge is 0.494 e. The molecule has 0 bridgehead atoms. The quantitative estimate of drug-likeness (QED) is 0.0632. The Labute approximate surface area is 277 Å². The minimum Gasteiger partial charge on any atom is -0.494 e. The first-order valence-electron chi connectivity index (χ1n) is 17.2. The van der Waals surface area contributed by atoms with E-state index in [-0.39, 0.29) is 5.28 Å². The average molecular weight is 627 g/mol.